The van der Waals surface area contributed by atoms with Crippen molar-refractivity contribution >= 4 is 5.69 Å². The zero-order valence-electron chi connectivity index (χ0n) is 12.8. The Morgan fingerprint density at radius 2 is 2.19 bits per heavy atom. The van der Waals surface area contributed by atoms with Gasteiger partial charge < -0.3 is 10.1 Å². The van der Waals surface area contributed by atoms with Gasteiger partial charge in [-0.2, -0.15) is 10.4 Å². The molecule has 0 spiro atoms. The fourth-order valence-electron chi connectivity index (χ4n) is 2.11. The molecule has 0 aliphatic rings. The molecule has 5 nitrogen and oxygen atoms in total. The van der Waals surface area contributed by atoms with Crippen molar-refractivity contribution in [1.82, 2.24) is 9.78 Å². The minimum absolute atomic E-state index is 0.0820. The van der Waals surface area contributed by atoms with Gasteiger partial charge in [-0.05, 0) is 39.0 Å². The summed E-state index contributed by atoms with van der Waals surface area (Å²) in [5.41, 5.74) is 3.55. The third kappa shape index (κ3) is 3.76. The van der Waals surface area contributed by atoms with Crippen LogP contribution < -0.4 is 10.1 Å². The molecule has 0 fully saturated rings. The molecule has 1 heterocycles. The molecule has 110 valence electrons. The summed E-state index contributed by atoms with van der Waals surface area (Å²) in [5.74, 6) is 0.755. The molecule has 5 heteroatoms. The Balaban J connectivity index is 2.20. The van der Waals surface area contributed by atoms with E-state index >= 15 is 0 Å². The third-order valence-electron chi connectivity index (χ3n) is 3.06. The molecule has 0 unspecified atom stereocenters. The minimum Gasteiger partial charge on any atom is -0.489 e. The molecular weight excluding hydrogens is 264 g/mol. The quantitative estimate of drug-likeness (QED) is 0.916. The van der Waals surface area contributed by atoms with E-state index in [2.05, 4.69) is 16.5 Å². The van der Waals surface area contributed by atoms with Crippen LogP contribution in [0, 0.1) is 18.3 Å². The van der Waals surface area contributed by atoms with Crippen LogP contribution in [0.2, 0.25) is 0 Å². The van der Waals surface area contributed by atoms with Crippen LogP contribution in [-0.2, 0) is 13.6 Å². The number of ether oxygens (including phenoxy) is 1. The Kier molecular flexibility index (Phi) is 4.49. The van der Waals surface area contributed by atoms with E-state index in [1.165, 1.54) is 0 Å². The summed E-state index contributed by atoms with van der Waals surface area (Å²) in [5, 5.41) is 16.7. The number of aryl methyl sites for hydroxylation is 2. The predicted octanol–water partition coefficient (Wildman–Crippen LogP) is 3.00. The Labute approximate surface area is 125 Å². The van der Waals surface area contributed by atoms with Crippen molar-refractivity contribution in [3.63, 3.8) is 0 Å². The fourth-order valence-corrected chi connectivity index (χ4v) is 2.11. The molecule has 21 heavy (non-hydrogen) atoms. The van der Waals surface area contributed by atoms with Gasteiger partial charge in [-0.25, -0.2) is 0 Å². The summed E-state index contributed by atoms with van der Waals surface area (Å²) in [7, 11) is 1.90. The zero-order chi connectivity index (χ0) is 15.4. The molecule has 0 saturated carbocycles. The maximum absolute atomic E-state index is 9.04. The molecule has 0 aliphatic carbocycles. The van der Waals surface area contributed by atoms with Crippen LogP contribution in [0.1, 0.15) is 30.7 Å². The number of hydrogen-bond acceptors (Lipinski definition) is 4. The average molecular weight is 284 g/mol. The number of aromatic nitrogens is 2. The van der Waals surface area contributed by atoms with Crippen molar-refractivity contribution < 1.29 is 4.74 Å². The van der Waals surface area contributed by atoms with Crippen molar-refractivity contribution in [2.75, 3.05) is 5.32 Å². The minimum atomic E-state index is 0.0820. The van der Waals surface area contributed by atoms with E-state index in [4.69, 9.17) is 10.00 Å². The smallest absolute Gasteiger partial charge is 0.142 e. The van der Waals surface area contributed by atoms with Crippen molar-refractivity contribution in [3.8, 4) is 11.8 Å². The first kappa shape index (κ1) is 14.9. The van der Waals surface area contributed by atoms with Crippen LogP contribution in [0.5, 0.6) is 5.75 Å². The van der Waals surface area contributed by atoms with Gasteiger partial charge in [-0.3, -0.25) is 4.68 Å². The van der Waals surface area contributed by atoms with Gasteiger partial charge in [0.2, 0.25) is 0 Å². The largest absolute Gasteiger partial charge is 0.489 e. The number of nitriles is 1. The van der Waals surface area contributed by atoms with Gasteiger partial charge in [0.05, 0.1) is 29.1 Å². The summed E-state index contributed by atoms with van der Waals surface area (Å²) in [4.78, 5) is 0. The molecule has 2 rings (SSSR count). The Bertz CT molecular complexity index is 667. The topological polar surface area (TPSA) is 62.9 Å². The van der Waals surface area contributed by atoms with Crippen LogP contribution in [0.4, 0.5) is 5.69 Å². The van der Waals surface area contributed by atoms with E-state index in [9.17, 15) is 0 Å². The number of hydrogen-bond donors (Lipinski definition) is 1. The summed E-state index contributed by atoms with van der Waals surface area (Å²) in [6, 6.07) is 7.55. The monoisotopic (exact) mass is 284 g/mol. The molecule has 0 amide bonds. The summed E-state index contributed by atoms with van der Waals surface area (Å²) in [6.07, 6.45) is 2.07. The molecule has 1 N–H and O–H groups in total. The molecule has 1 aromatic heterocycles. The van der Waals surface area contributed by atoms with Gasteiger partial charge in [-0.15, -0.1) is 0 Å². The van der Waals surface area contributed by atoms with E-state index < -0.39 is 0 Å². The number of nitrogens with one attached hydrogen (secondary N) is 1. The third-order valence-corrected chi connectivity index (χ3v) is 3.06. The molecule has 0 aliphatic heterocycles. The van der Waals surface area contributed by atoms with Crippen molar-refractivity contribution in [2.24, 2.45) is 7.05 Å². The highest BCUT2D eigenvalue weighted by molar-refractivity contribution is 5.60. The number of benzene rings is 1. The van der Waals surface area contributed by atoms with Gasteiger partial charge in [0.25, 0.3) is 0 Å². The van der Waals surface area contributed by atoms with Gasteiger partial charge in [0.15, 0.2) is 0 Å². The maximum atomic E-state index is 9.04. The van der Waals surface area contributed by atoms with E-state index in [-0.39, 0.29) is 6.10 Å². The van der Waals surface area contributed by atoms with E-state index in [0.717, 1.165) is 22.7 Å². The molecule has 0 saturated heterocycles. The van der Waals surface area contributed by atoms with Crippen LogP contribution in [0.25, 0.3) is 0 Å². The fraction of sp³-hybridized carbons (Fsp3) is 0.375. The first-order valence-corrected chi connectivity index (χ1v) is 6.93. The predicted molar refractivity (Wildman–Crippen MR) is 82.2 cm³/mol. The highest BCUT2D eigenvalue weighted by Crippen LogP contribution is 2.27. The molecule has 0 atom stereocenters. The van der Waals surface area contributed by atoms with Crippen LogP contribution >= 0.6 is 0 Å². The van der Waals surface area contributed by atoms with Crippen LogP contribution in [0.3, 0.4) is 0 Å². The standard InChI is InChI=1S/C16H20N4O/c1-11(2)21-16-6-5-13(8-17)7-15(16)18-9-14-10-20(4)19-12(14)3/h5-7,10-11,18H,9H2,1-4H3. The SMILES string of the molecule is Cc1nn(C)cc1CNc1cc(C#N)ccc1OC(C)C. The van der Waals surface area contributed by atoms with Gasteiger partial charge in [0, 0.05) is 25.4 Å². The highest BCUT2D eigenvalue weighted by atomic mass is 16.5. The normalized spacial score (nSPS) is 10.5. The van der Waals surface area contributed by atoms with Crippen molar-refractivity contribution in [2.45, 2.75) is 33.4 Å². The first-order chi connectivity index (χ1) is 9.99. The second-order valence-electron chi connectivity index (χ2n) is 5.26. The number of anilines is 1. The number of rotatable bonds is 5. The number of nitrogens with zero attached hydrogens (tertiary/aromatic N) is 3. The maximum Gasteiger partial charge on any atom is 0.142 e. The highest BCUT2D eigenvalue weighted by Gasteiger charge is 2.09. The van der Waals surface area contributed by atoms with Crippen molar-refractivity contribution in [1.29, 1.82) is 5.26 Å². The van der Waals surface area contributed by atoms with E-state index in [1.807, 2.05) is 46.1 Å². The Morgan fingerprint density at radius 1 is 1.43 bits per heavy atom. The summed E-state index contributed by atoms with van der Waals surface area (Å²) < 4.78 is 7.57. The van der Waals surface area contributed by atoms with Gasteiger partial charge in [-0.1, -0.05) is 0 Å². The molecule has 0 bridgehead atoms. The Hall–Kier alpha value is -2.48. The molecule has 1 aromatic carbocycles. The average Bonchev–Trinajstić information content (AvgIpc) is 2.75. The lowest BCUT2D eigenvalue weighted by atomic mass is 10.2. The lowest BCUT2D eigenvalue weighted by molar-refractivity contribution is 0.243. The second kappa shape index (κ2) is 6.31. The second-order valence-corrected chi connectivity index (χ2v) is 5.26. The van der Waals surface area contributed by atoms with Gasteiger partial charge in [0.1, 0.15) is 5.75 Å². The molecule has 2 aromatic rings. The van der Waals surface area contributed by atoms with E-state index in [0.29, 0.717) is 12.1 Å². The van der Waals surface area contributed by atoms with Crippen LogP contribution in [-0.4, -0.2) is 15.9 Å². The van der Waals surface area contributed by atoms with Gasteiger partial charge >= 0.3 is 0 Å². The molecule has 0 radical (unpaired) electrons. The summed E-state index contributed by atoms with van der Waals surface area (Å²) in [6.45, 7) is 6.58. The zero-order valence-corrected chi connectivity index (χ0v) is 12.8. The first-order valence-electron chi connectivity index (χ1n) is 6.93. The summed E-state index contributed by atoms with van der Waals surface area (Å²) >= 11 is 0. The lowest BCUT2D eigenvalue weighted by Gasteiger charge is -2.15. The van der Waals surface area contributed by atoms with Crippen molar-refractivity contribution in [3.05, 3.63) is 41.2 Å². The molecular formula is C16H20N4O. The Morgan fingerprint density at radius 3 is 2.76 bits per heavy atom. The lowest BCUT2D eigenvalue weighted by Crippen LogP contribution is -2.09. The van der Waals surface area contributed by atoms with E-state index in [1.54, 1.807) is 10.7 Å². The van der Waals surface area contributed by atoms with Crippen LogP contribution in [0.15, 0.2) is 24.4 Å².